The Labute approximate surface area is 131 Å². The van der Waals surface area contributed by atoms with Gasteiger partial charge in [-0.25, -0.2) is 0 Å². The van der Waals surface area contributed by atoms with E-state index in [-0.39, 0.29) is 12.4 Å². The summed E-state index contributed by atoms with van der Waals surface area (Å²) in [5.74, 6) is 2.25. The summed E-state index contributed by atoms with van der Waals surface area (Å²) >= 11 is 0. The summed E-state index contributed by atoms with van der Waals surface area (Å²) in [6, 6.07) is 5.70. The first-order chi connectivity index (χ1) is 9.85. The van der Waals surface area contributed by atoms with Crippen molar-refractivity contribution in [2.75, 3.05) is 26.7 Å². The summed E-state index contributed by atoms with van der Waals surface area (Å²) in [5, 5.41) is 7.40. The van der Waals surface area contributed by atoms with E-state index in [1.807, 2.05) is 25.2 Å². The average Bonchev–Trinajstić information content (AvgIpc) is 3.12. The molecule has 5 nitrogen and oxygen atoms in total. The van der Waals surface area contributed by atoms with Gasteiger partial charge in [0.25, 0.3) is 0 Å². The van der Waals surface area contributed by atoms with Crippen molar-refractivity contribution in [1.29, 1.82) is 0 Å². The third-order valence-corrected chi connectivity index (χ3v) is 3.91. The smallest absolute Gasteiger partial charge is 0.202 e. The van der Waals surface area contributed by atoms with Crippen molar-refractivity contribution >= 4 is 12.4 Å². The lowest BCUT2D eigenvalue weighted by Gasteiger charge is -2.31. The van der Waals surface area contributed by atoms with Crippen LogP contribution in [0.2, 0.25) is 0 Å². The van der Waals surface area contributed by atoms with Gasteiger partial charge in [-0.15, -0.1) is 12.4 Å². The normalized spacial score (nSPS) is 16.8. The molecule has 6 heteroatoms. The first kappa shape index (κ1) is 16.1. The fourth-order valence-electron chi connectivity index (χ4n) is 2.79. The molecule has 3 heterocycles. The molecule has 116 valence electrons. The van der Waals surface area contributed by atoms with Crippen LogP contribution in [0.15, 0.2) is 33.4 Å². The molecule has 2 aromatic heterocycles. The predicted octanol–water partition coefficient (Wildman–Crippen LogP) is 2.79. The molecule has 0 unspecified atom stereocenters. The summed E-state index contributed by atoms with van der Waals surface area (Å²) in [4.78, 5) is 2.44. The fraction of sp³-hybridized carbons (Fsp3) is 0.533. The Morgan fingerprint density at radius 1 is 1.33 bits per heavy atom. The van der Waals surface area contributed by atoms with Crippen LogP contribution < -0.4 is 5.32 Å². The van der Waals surface area contributed by atoms with Crippen molar-refractivity contribution in [2.45, 2.75) is 19.4 Å². The lowest BCUT2D eigenvalue weighted by atomic mass is 9.97. The lowest BCUT2D eigenvalue weighted by Crippen LogP contribution is -2.36. The van der Waals surface area contributed by atoms with Crippen molar-refractivity contribution in [3.8, 4) is 11.5 Å². The quantitative estimate of drug-likeness (QED) is 0.920. The van der Waals surface area contributed by atoms with E-state index in [0.29, 0.717) is 5.76 Å². The number of aromatic nitrogens is 1. The summed E-state index contributed by atoms with van der Waals surface area (Å²) < 4.78 is 10.6. The average molecular weight is 312 g/mol. The van der Waals surface area contributed by atoms with Gasteiger partial charge in [-0.1, -0.05) is 5.16 Å². The van der Waals surface area contributed by atoms with Crippen LogP contribution in [0.25, 0.3) is 11.5 Å². The monoisotopic (exact) mass is 311 g/mol. The van der Waals surface area contributed by atoms with E-state index in [0.717, 1.165) is 43.6 Å². The molecule has 1 saturated heterocycles. The van der Waals surface area contributed by atoms with Gasteiger partial charge in [-0.2, -0.15) is 0 Å². The zero-order valence-electron chi connectivity index (χ0n) is 12.2. The van der Waals surface area contributed by atoms with Crippen LogP contribution in [0.1, 0.15) is 18.5 Å². The number of hydrogen-bond acceptors (Lipinski definition) is 5. The van der Waals surface area contributed by atoms with Gasteiger partial charge in [0.15, 0.2) is 5.76 Å². The van der Waals surface area contributed by atoms with Crippen molar-refractivity contribution in [3.05, 3.63) is 30.2 Å². The fourth-order valence-corrected chi connectivity index (χ4v) is 2.79. The minimum atomic E-state index is 0. The number of nitrogens with zero attached hydrogens (tertiary/aromatic N) is 2. The van der Waals surface area contributed by atoms with E-state index in [1.165, 1.54) is 12.8 Å². The van der Waals surface area contributed by atoms with Crippen LogP contribution in [-0.4, -0.2) is 36.7 Å². The van der Waals surface area contributed by atoms with Crippen LogP contribution in [0, 0.1) is 5.92 Å². The second-order valence-electron chi connectivity index (χ2n) is 5.44. The van der Waals surface area contributed by atoms with Gasteiger partial charge in [0.2, 0.25) is 5.76 Å². The number of hydrogen-bond donors (Lipinski definition) is 1. The molecule has 0 aromatic carbocycles. The Kier molecular flexibility index (Phi) is 5.85. The Bertz CT molecular complexity index is 519. The van der Waals surface area contributed by atoms with Crippen LogP contribution in [0.5, 0.6) is 0 Å². The van der Waals surface area contributed by atoms with Gasteiger partial charge in [-0.05, 0) is 57.6 Å². The number of nitrogens with one attached hydrogen (secondary N) is 1. The van der Waals surface area contributed by atoms with Crippen molar-refractivity contribution < 1.29 is 8.94 Å². The molecule has 1 aliphatic heterocycles. The van der Waals surface area contributed by atoms with E-state index in [1.54, 1.807) is 6.26 Å². The highest BCUT2D eigenvalue weighted by molar-refractivity contribution is 5.85. The van der Waals surface area contributed by atoms with Crippen molar-refractivity contribution in [2.24, 2.45) is 5.92 Å². The van der Waals surface area contributed by atoms with Gasteiger partial charge in [0.05, 0.1) is 12.0 Å². The maximum Gasteiger partial charge on any atom is 0.202 e. The maximum atomic E-state index is 5.33. The molecule has 21 heavy (non-hydrogen) atoms. The molecule has 0 aliphatic carbocycles. The minimum absolute atomic E-state index is 0. The van der Waals surface area contributed by atoms with Crippen LogP contribution in [0.3, 0.4) is 0 Å². The Morgan fingerprint density at radius 2 is 2.14 bits per heavy atom. The summed E-state index contributed by atoms with van der Waals surface area (Å²) in [6.45, 7) is 4.25. The number of likely N-dealkylation sites (tertiary alicyclic amines) is 1. The molecule has 0 spiro atoms. The minimum Gasteiger partial charge on any atom is -0.461 e. The number of rotatable bonds is 5. The third-order valence-electron chi connectivity index (χ3n) is 3.91. The van der Waals surface area contributed by atoms with Crippen LogP contribution >= 0.6 is 12.4 Å². The molecule has 1 N–H and O–H groups in total. The van der Waals surface area contributed by atoms with Gasteiger partial charge in [0.1, 0.15) is 0 Å². The zero-order valence-corrected chi connectivity index (χ0v) is 13.1. The predicted molar refractivity (Wildman–Crippen MR) is 83.4 cm³/mol. The largest absolute Gasteiger partial charge is 0.461 e. The molecule has 0 radical (unpaired) electrons. The molecule has 0 saturated carbocycles. The van der Waals surface area contributed by atoms with E-state index < -0.39 is 0 Å². The molecule has 1 fully saturated rings. The first-order valence-corrected chi connectivity index (χ1v) is 7.21. The van der Waals surface area contributed by atoms with Crippen LogP contribution in [-0.2, 0) is 6.54 Å². The number of halogens is 1. The van der Waals surface area contributed by atoms with E-state index >= 15 is 0 Å². The second-order valence-corrected chi connectivity index (χ2v) is 5.44. The van der Waals surface area contributed by atoms with Crippen molar-refractivity contribution in [1.82, 2.24) is 15.4 Å². The topological polar surface area (TPSA) is 54.4 Å². The highest BCUT2D eigenvalue weighted by Gasteiger charge is 2.20. The molecule has 1 aliphatic rings. The van der Waals surface area contributed by atoms with Crippen molar-refractivity contribution in [3.63, 3.8) is 0 Å². The number of piperidine rings is 1. The molecular weight excluding hydrogens is 290 g/mol. The SMILES string of the molecule is CNCC1CCN(Cc2cc(-c3ccco3)on2)CC1.Cl. The first-order valence-electron chi connectivity index (χ1n) is 7.21. The Hall–Kier alpha value is -1.30. The molecule has 2 aromatic rings. The van der Waals surface area contributed by atoms with Crippen LogP contribution in [0.4, 0.5) is 0 Å². The Morgan fingerprint density at radius 3 is 2.81 bits per heavy atom. The van der Waals surface area contributed by atoms with Gasteiger partial charge < -0.3 is 14.3 Å². The highest BCUT2D eigenvalue weighted by atomic mass is 35.5. The van der Waals surface area contributed by atoms with E-state index in [4.69, 9.17) is 8.94 Å². The molecule has 0 bridgehead atoms. The molecule has 0 amide bonds. The summed E-state index contributed by atoms with van der Waals surface area (Å²) in [6.07, 6.45) is 4.15. The van der Waals surface area contributed by atoms with Gasteiger partial charge >= 0.3 is 0 Å². The third kappa shape index (κ3) is 4.09. The number of furan rings is 1. The van der Waals surface area contributed by atoms with Gasteiger partial charge in [-0.3, -0.25) is 4.90 Å². The lowest BCUT2D eigenvalue weighted by molar-refractivity contribution is 0.173. The van der Waals surface area contributed by atoms with E-state index in [9.17, 15) is 0 Å². The molecule has 0 atom stereocenters. The molecular formula is C15H22ClN3O2. The summed E-state index contributed by atoms with van der Waals surface area (Å²) in [7, 11) is 2.03. The summed E-state index contributed by atoms with van der Waals surface area (Å²) in [5.41, 5.74) is 0.975. The Balaban J connectivity index is 0.00000161. The second kappa shape index (κ2) is 7.64. The van der Waals surface area contributed by atoms with E-state index in [2.05, 4.69) is 15.4 Å². The van der Waals surface area contributed by atoms with Gasteiger partial charge in [0, 0.05) is 12.6 Å². The zero-order chi connectivity index (χ0) is 13.8. The maximum absolute atomic E-state index is 5.33. The molecule has 3 rings (SSSR count). The highest BCUT2D eigenvalue weighted by Crippen LogP contribution is 2.22. The standard InChI is InChI=1S/C15H21N3O2.ClH/c1-16-10-12-4-6-18(7-5-12)11-13-9-15(20-17-13)14-3-2-8-19-14;/h2-3,8-9,12,16H,4-7,10-11H2,1H3;1H.